The van der Waals surface area contributed by atoms with Gasteiger partial charge in [-0.1, -0.05) is 299 Å². The molecule has 1 amide bonds. The molecule has 0 aromatic carbocycles. The number of phosphoric ester groups is 1. The van der Waals surface area contributed by atoms with Crippen molar-refractivity contribution in [1.29, 1.82) is 0 Å². The number of unbranched alkanes of at least 4 members (excludes halogenated alkanes) is 36. The van der Waals surface area contributed by atoms with Crippen LogP contribution in [0.3, 0.4) is 0 Å². The summed E-state index contributed by atoms with van der Waals surface area (Å²) in [6, 6.07) is -0.896. The smallest absolute Gasteiger partial charge is 0.306 e. The van der Waals surface area contributed by atoms with E-state index >= 15 is 0 Å². The second-order valence-corrected chi connectivity index (χ2v) is 25.7. The minimum atomic E-state index is -4.71. The van der Waals surface area contributed by atoms with Crippen molar-refractivity contribution in [3.63, 3.8) is 0 Å². The van der Waals surface area contributed by atoms with Gasteiger partial charge >= 0.3 is 5.97 Å². The number of quaternary nitrogens is 1. The average Bonchev–Trinajstić information content (AvgIpc) is 3.44. The SMILES string of the molecule is CC/C=C\C/C=C\C/C=C\C/C=C\C/C=C\CCCCCCCCCC(=O)NC(COP(=O)([O-])OCC[N+](C)(C)C)C(/C=C/CCCCCCCCCCCCC)OC(=O)CCCCCCCCCCCCCCCCCCCCC. The fourth-order valence-corrected chi connectivity index (χ4v) is 10.6. The highest BCUT2D eigenvalue weighted by Crippen LogP contribution is 2.38. The number of amides is 1. The summed E-state index contributed by atoms with van der Waals surface area (Å²) in [7, 11) is 1.18. The first-order chi connectivity index (χ1) is 39.4. The number of allylic oxidation sites excluding steroid dienone is 11. The third-order valence-corrected chi connectivity index (χ3v) is 16.1. The van der Waals surface area contributed by atoms with E-state index in [9.17, 15) is 19.0 Å². The minimum absolute atomic E-state index is 0.0255. The number of nitrogens with one attached hydrogen (secondary N) is 1. The molecule has 0 aromatic rings. The largest absolute Gasteiger partial charge is 0.756 e. The van der Waals surface area contributed by atoms with Crippen molar-refractivity contribution in [2.24, 2.45) is 0 Å². The van der Waals surface area contributed by atoms with E-state index in [1.165, 1.54) is 180 Å². The molecule has 0 saturated heterocycles. The molecule has 0 spiro atoms. The predicted molar refractivity (Wildman–Crippen MR) is 348 cm³/mol. The van der Waals surface area contributed by atoms with Crippen molar-refractivity contribution >= 4 is 19.7 Å². The summed E-state index contributed by atoms with van der Waals surface area (Å²) in [4.78, 5) is 40.2. The van der Waals surface area contributed by atoms with Crippen LogP contribution in [0.1, 0.15) is 316 Å². The average molecular weight is 1160 g/mol. The highest BCUT2D eigenvalue weighted by Gasteiger charge is 2.27. The number of phosphoric acid groups is 1. The number of ether oxygens (including phenoxy) is 1. The molecule has 0 aliphatic carbocycles. The van der Waals surface area contributed by atoms with Crippen molar-refractivity contribution in [2.75, 3.05) is 40.9 Å². The first kappa shape index (κ1) is 78.5. The van der Waals surface area contributed by atoms with Crippen molar-refractivity contribution in [2.45, 2.75) is 328 Å². The molecule has 0 bridgehead atoms. The molecule has 9 nitrogen and oxygen atoms in total. The molecule has 3 unspecified atom stereocenters. The number of hydrogen-bond donors (Lipinski definition) is 1. The summed E-state index contributed by atoms with van der Waals surface area (Å²) < 4.78 is 30.4. The van der Waals surface area contributed by atoms with E-state index in [-0.39, 0.29) is 24.9 Å². The van der Waals surface area contributed by atoms with Gasteiger partial charge in [0.15, 0.2) is 0 Å². The summed E-state index contributed by atoms with van der Waals surface area (Å²) in [5.74, 6) is -0.543. The van der Waals surface area contributed by atoms with Crippen LogP contribution in [0.4, 0.5) is 0 Å². The Morgan fingerprint density at radius 1 is 0.444 bits per heavy atom. The lowest BCUT2D eigenvalue weighted by atomic mass is 10.0. The summed E-state index contributed by atoms with van der Waals surface area (Å²) >= 11 is 0. The Morgan fingerprint density at radius 3 is 1.19 bits per heavy atom. The normalized spacial score (nSPS) is 14.0. The number of hydrogen-bond acceptors (Lipinski definition) is 7. The number of likely N-dealkylation sites (N-methyl/N-ethyl adjacent to an activating group) is 1. The molecule has 1 N–H and O–H groups in total. The van der Waals surface area contributed by atoms with E-state index < -0.39 is 26.6 Å². The van der Waals surface area contributed by atoms with Crippen LogP contribution in [0, 0.1) is 0 Å². The van der Waals surface area contributed by atoms with Gasteiger partial charge in [0.25, 0.3) is 7.82 Å². The highest BCUT2D eigenvalue weighted by atomic mass is 31.2. The maximum atomic E-state index is 13.6. The Hall–Kier alpha value is -2.55. The number of esters is 1. The number of nitrogens with zero attached hydrogens (tertiary/aromatic N) is 1. The van der Waals surface area contributed by atoms with Crippen molar-refractivity contribution < 1.29 is 37.3 Å². The zero-order chi connectivity index (χ0) is 59.3. The fraction of sp³-hybridized carbons (Fsp3) is 0.803. The third kappa shape index (κ3) is 61.8. The molecular weight excluding hydrogens is 1020 g/mol. The predicted octanol–water partition coefficient (Wildman–Crippen LogP) is 20.9. The number of rotatable bonds is 62. The van der Waals surface area contributed by atoms with E-state index in [1.807, 2.05) is 33.3 Å². The Kier molecular flexibility index (Phi) is 58.7. The van der Waals surface area contributed by atoms with Gasteiger partial charge in [-0.2, -0.15) is 0 Å². The maximum Gasteiger partial charge on any atom is 0.306 e. The number of carbonyl (C=O) groups excluding carboxylic acids is 2. The zero-order valence-electron chi connectivity index (χ0n) is 54.0. The Morgan fingerprint density at radius 2 is 0.790 bits per heavy atom. The van der Waals surface area contributed by atoms with Gasteiger partial charge in [-0.3, -0.25) is 14.2 Å². The molecule has 0 fully saturated rings. The molecule has 0 saturated carbocycles. The monoisotopic (exact) mass is 1150 g/mol. The quantitative estimate of drug-likeness (QED) is 0.0212. The Balaban J connectivity index is 5.18. The molecular formula is C71H131N2O7P. The summed E-state index contributed by atoms with van der Waals surface area (Å²) in [6.07, 6.45) is 78.7. The lowest BCUT2D eigenvalue weighted by Crippen LogP contribution is -2.47. The first-order valence-corrected chi connectivity index (χ1v) is 35.7. The molecule has 0 heterocycles. The lowest BCUT2D eigenvalue weighted by Gasteiger charge is -2.30. The van der Waals surface area contributed by atoms with E-state index in [0.717, 1.165) is 103 Å². The van der Waals surface area contributed by atoms with Gasteiger partial charge in [0.1, 0.15) is 19.3 Å². The van der Waals surface area contributed by atoms with Crippen LogP contribution in [0.15, 0.2) is 72.9 Å². The topological polar surface area (TPSA) is 114 Å². The summed E-state index contributed by atoms with van der Waals surface area (Å²) in [5, 5.41) is 3.04. The van der Waals surface area contributed by atoms with Crippen LogP contribution in [-0.2, 0) is 27.9 Å². The molecule has 472 valence electrons. The standard InChI is InChI=1S/C71H131N2O7P/c1-7-10-13-16-19-22-25-28-30-32-34-35-36-37-39-40-42-45-48-51-54-57-60-63-70(74)72-68(67-79-81(76,77)78-66-65-73(4,5)6)69(62-59-56-53-50-47-44-27-24-21-18-15-12-9-3)80-71(75)64-61-58-55-52-49-46-43-41-38-33-31-29-26-23-20-17-14-11-8-2/h10,13,19,22,28,30,34-35,37,39,59,62,68-69H,7-9,11-12,14-18,20-21,23-27,29,31-33,36,38,40-58,60-61,63-67H2,1-6H3,(H-,72,74,76,77)/b13-10-,22-19-,30-28-,35-34-,39-37-,62-59+. The van der Waals surface area contributed by atoms with Crippen molar-refractivity contribution in [1.82, 2.24) is 5.32 Å². The first-order valence-electron chi connectivity index (χ1n) is 34.2. The summed E-state index contributed by atoms with van der Waals surface area (Å²) in [6.45, 7) is 6.76. The zero-order valence-corrected chi connectivity index (χ0v) is 54.9. The van der Waals surface area contributed by atoms with Gasteiger partial charge in [0.2, 0.25) is 5.91 Å². The van der Waals surface area contributed by atoms with Crippen LogP contribution in [-0.4, -0.2) is 69.4 Å². The Labute approximate surface area is 502 Å². The molecule has 81 heavy (non-hydrogen) atoms. The molecule has 0 aliphatic rings. The second-order valence-electron chi connectivity index (χ2n) is 24.3. The lowest BCUT2D eigenvalue weighted by molar-refractivity contribution is -0.870. The van der Waals surface area contributed by atoms with Crippen LogP contribution in [0.25, 0.3) is 0 Å². The van der Waals surface area contributed by atoms with E-state index in [4.69, 9.17) is 13.8 Å². The van der Waals surface area contributed by atoms with Gasteiger partial charge in [0.05, 0.1) is 33.8 Å². The molecule has 0 aromatic heterocycles. The molecule has 0 radical (unpaired) electrons. The van der Waals surface area contributed by atoms with E-state index in [2.05, 4.69) is 86.8 Å². The van der Waals surface area contributed by atoms with Crippen LogP contribution in [0.5, 0.6) is 0 Å². The molecule has 0 aliphatic heterocycles. The maximum absolute atomic E-state index is 13.6. The van der Waals surface area contributed by atoms with Gasteiger partial charge < -0.3 is 28.5 Å². The minimum Gasteiger partial charge on any atom is -0.756 e. The fourth-order valence-electron chi connectivity index (χ4n) is 9.90. The van der Waals surface area contributed by atoms with E-state index in [1.54, 1.807) is 0 Å². The van der Waals surface area contributed by atoms with Gasteiger partial charge in [-0.05, 0) is 76.7 Å². The van der Waals surface area contributed by atoms with Gasteiger partial charge in [-0.25, -0.2) is 0 Å². The highest BCUT2D eigenvalue weighted by molar-refractivity contribution is 7.45. The number of carbonyl (C=O) groups is 2. The summed E-state index contributed by atoms with van der Waals surface area (Å²) in [5.41, 5.74) is 0. The molecule has 3 atom stereocenters. The van der Waals surface area contributed by atoms with Crippen molar-refractivity contribution in [3.05, 3.63) is 72.9 Å². The van der Waals surface area contributed by atoms with Crippen LogP contribution in [0.2, 0.25) is 0 Å². The van der Waals surface area contributed by atoms with E-state index in [0.29, 0.717) is 17.4 Å². The van der Waals surface area contributed by atoms with Crippen LogP contribution < -0.4 is 10.2 Å². The Bertz CT molecular complexity index is 1620. The van der Waals surface area contributed by atoms with Gasteiger partial charge in [0, 0.05) is 12.8 Å². The molecule has 0 rings (SSSR count). The van der Waals surface area contributed by atoms with Crippen molar-refractivity contribution in [3.8, 4) is 0 Å². The second kappa shape index (κ2) is 60.6. The molecule has 10 heteroatoms. The van der Waals surface area contributed by atoms with Gasteiger partial charge in [-0.15, -0.1) is 0 Å². The third-order valence-electron chi connectivity index (χ3n) is 15.2. The van der Waals surface area contributed by atoms with Crippen LogP contribution >= 0.6 is 7.82 Å².